The lowest BCUT2D eigenvalue weighted by Crippen LogP contribution is -2.23. The number of rotatable bonds is 3. The van der Waals surface area contributed by atoms with E-state index in [0.717, 1.165) is 31.8 Å². The van der Waals surface area contributed by atoms with Crippen molar-refractivity contribution < 1.29 is 0 Å². The summed E-state index contributed by atoms with van der Waals surface area (Å²) in [4.78, 5) is 5.88. The lowest BCUT2D eigenvalue weighted by atomic mass is 10.2. The van der Waals surface area contributed by atoms with Gasteiger partial charge in [-0.1, -0.05) is 18.2 Å². The Hall–Kier alpha value is -1.09. The molecule has 2 rings (SSSR count). The van der Waals surface area contributed by atoms with Gasteiger partial charge in [-0.25, -0.2) is 0 Å². The molecule has 1 aromatic rings. The van der Waals surface area contributed by atoms with Crippen LogP contribution in [0, 0.1) is 0 Å². The third-order valence-electron chi connectivity index (χ3n) is 2.17. The Labute approximate surface area is 88.4 Å². The maximum absolute atomic E-state index is 4.45. The predicted octanol–water partition coefficient (Wildman–Crippen LogP) is 2.24. The summed E-state index contributed by atoms with van der Waals surface area (Å²) in [6, 6.07) is 4.28. The Balaban J connectivity index is 1.83. The highest BCUT2D eigenvalue weighted by Gasteiger charge is 2.01. The van der Waals surface area contributed by atoms with Crippen molar-refractivity contribution in [2.75, 3.05) is 13.1 Å². The van der Waals surface area contributed by atoms with Crippen LogP contribution in [0.2, 0.25) is 0 Å². The van der Waals surface area contributed by atoms with E-state index in [2.05, 4.69) is 40.0 Å². The molecule has 0 saturated carbocycles. The zero-order chi connectivity index (χ0) is 9.64. The fraction of sp³-hybridized carbons (Fsp3) is 0.364. The molecule has 0 aliphatic carbocycles. The molecule has 3 heteroatoms. The number of nitrogens with one attached hydrogen (secondary N) is 1. The number of aryl methyl sites for hydroxylation is 1. The molecule has 14 heavy (non-hydrogen) atoms. The van der Waals surface area contributed by atoms with Crippen molar-refractivity contribution in [1.29, 1.82) is 0 Å². The second kappa shape index (κ2) is 4.96. The third kappa shape index (κ3) is 2.70. The van der Waals surface area contributed by atoms with Crippen molar-refractivity contribution in [3.8, 4) is 0 Å². The molecule has 1 aromatic heterocycles. The Morgan fingerprint density at radius 2 is 2.36 bits per heavy atom. The van der Waals surface area contributed by atoms with E-state index in [1.165, 1.54) is 4.88 Å². The van der Waals surface area contributed by atoms with E-state index in [0.29, 0.717) is 0 Å². The summed E-state index contributed by atoms with van der Waals surface area (Å²) >= 11 is 1.82. The minimum absolute atomic E-state index is 0.826. The highest BCUT2D eigenvalue weighted by molar-refractivity contribution is 7.09. The highest BCUT2D eigenvalue weighted by atomic mass is 32.1. The number of thiophene rings is 1. The number of amidine groups is 1. The van der Waals surface area contributed by atoms with Crippen LogP contribution >= 0.6 is 11.3 Å². The lowest BCUT2D eigenvalue weighted by molar-refractivity contribution is 0.947. The van der Waals surface area contributed by atoms with Gasteiger partial charge in [0.25, 0.3) is 0 Å². The van der Waals surface area contributed by atoms with Gasteiger partial charge >= 0.3 is 0 Å². The van der Waals surface area contributed by atoms with Gasteiger partial charge in [0.05, 0.1) is 12.4 Å². The Morgan fingerprint density at radius 3 is 3.21 bits per heavy atom. The summed E-state index contributed by atoms with van der Waals surface area (Å²) in [6.07, 6.45) is 6.36. The topological polar surface area (TPSA) is 24.4 Å². The van der Waals surface area contributed by atoms with Crippen LogP contribution < -0.4 is 5.32 Å². The standard InChI is InChI=1S/C11H14N2S/c1-2-8-13-11(12-7-1)6-5-10-4-3-9-14-10/h1-4,9H,5-8H2,(H,12,13). The van der Waals surface area contributed by atoms with E-state index >= 15 is 0 Å². The molecule has 0 atom stereocenters. The van der Waals surface area contributed by atoms with Crippen molar-refractivity contribution in [3.05, 3.63) is 34.5 Å². The molecule has 1 N–H and O–H groups in total. The molecule has 0 unspecified atom stereocenters. The van der Waals surface area contributed by atoms with E-state index in [9.17, 15) is 0 Å². The zero-order valence-corrected chi connectivity index (χ0v) is 8.89. The van der Waals surface area contributed by atoms with Crippen LogP contribution in [0.5, 0.6) is 0 Å². The maximum Gasteiger partial charge on any atom is 0.0973 e. The minimum Gasteiger partial charge on any atom is -0.370 e. The summed E-state index contributed by atoms with van der Waals surface area (Å²) in [5.74, 6) is 1.14. The fourth-order valence-electron chi connectivity index (χ4n) is 1.42. The van der Waals surface area contributed by atoms with Crippen LogP contribution in [-0.4, -0.2) is 18.9 Å². The first-order valence-electron chi connectivity index (χ1n) is 4.90. The largest absolute Gasteiger partial charge is 0.370 e. The zero-order valence-electron chi connectivity index (χ0n) is 8.07. The van der Waals surface area contributed by atoms with Crippen LogP contribution in [-0.2, 0) is 6.42 Å². The molecule has 2 nitrogen and oxygen atoms in total. The summed E-state index contributed by atoms with van der Waals surface area (Å²) < 4.78 is 0. The molecule has 0 spiro atoms. The first kappa shape index (κ1) is 9.46. The van der Waals surface area contributed by atoms with E-state index in [-0.39, 0.29) is 0 Å². The van der Waals surface area contributed by atoms with Crippen molar-refractivity contribution in [1.82, 2.24) is 5.32 Å². The summed E-state index contributed by atoms with van der Waals surface area (Å²) in [5.41, 5.74) is 0. The van der Waals surface area contributed by atoms with Crippen LogP contribution in [0.4, 0.5) is 0 Å². The van der Waals surface area contributed by atoms with Gasteiger partial charge in [0.2, 0.25) is 0 Å². The molecule has 0 radical (unpaired) electrons. The molecule has 74 valence electrons. The number of aliphatic imine (C=N–C) groups is 1. The third-order valence-corrected chi connectivity index (χ3v) is 3.10. The normalized spacial score (nSPS) is 15.9. The molecule has 0 amide bonds. The average Bonchev–Trinajstić information content (AvgIpc) is 2.58. The smallest absolute Gasteiger partial charge is 0.0973 e. The van der Waals surface area contributed by atoms with Crippen LogP contribution in [0.3, 0.4) is 0 Å². The molecule has 2 heterocycles. The van der Waals surface area contributed by atoms with Crippen molar-refractivity contribution in [2.45, 2.75) is 12.8 Å². The van der Waals surface area contributed by atoms with Gasteiger partial charge in [0, 0.05) is 17.8 Å². The fourth-order valence-corrected chi connectivity index (χ4v) is 2.13. The number of nitrogens with zero attached hydrogens (tertiary/aromatic N) is 1. The van der Waals surface area contributed by atoms with Crippen LogP contribution in [0.1, 0.15) is 11.3 Å². The van der Waals surface area contributed by atoms with E-state index in [1.54, 1.807) is 0 Å². The van der Waals surface area contributed by atoms with Gasteiger partial charge in [-0.2, -0.15) is 0 Å². The van der Waals surface area contributed by atoms with Crippen LogP contribution in [0.25, 0.3) is 0 Å². The molecule has 0 bridgehead atoms. The second-order valence-electron chi connectivity index (χ2n) is 3.22. The Kier molecular flexibility index (Phi) is 3.35. The molecular formula is C11H14N2S. The van der Waals surface area contributed by atoms with Crippen molar-refractivity contribution >= 4 is 17.2 Å². The Bertz CT molecular complexity index is 325. The van der Waals surface area contributed by atoms with E-state index < -0.39 is 0 Å². The van der Waals surface area contributed by atoms with E-state index in [1.807, 2.05) is 11.3 Å². The first-order chi connectivity index (χ1) is 6.95. The molecule has 1 aliphatic heterocycles. The summed E-state index contributed by atoms with van der Waals surface area (Å²) in [7, 11) is 0. The first-order valence-corrected chi connectivity index (χ1v) is 5.78. The molecule has 0 fully saturated rings. The van der Waals surface area contributed by atoms with Gasteiger partial charge in [0.15, 0.2) is 0 Å². The van der Waals surface area contributed by atoms with Gasteiger partial charge in [-0.15, -0.1) is 11.3 Å². The predicted molar refractivity (Wildman–Crippen MR) is 62.1 cm³/mol. The Morgan fingerprint density at radius 1 is 1.36 bits per heavy atom. The maximum atomic E-state index is 4.45. The van der Waals surface area contributed by atoms with Gasteiger partial charge in [0.1, 0.15) is 0 Å². The average molecular weight is 206 g/mol. The van der Waals surface area contributed by atoms with Gasteiger partial charge in [-0.05, 0) is 17.9 Å². The SMILES string of the molecule is C1=CCNC(CCc2cccs2)=NC1. The minimum atomic E-state index is 0.826. The quantitative estimate of drug-likeness (QED) is 0.754. The molecular weight excluding hydrogens is 192 g/mol. The van der Waals surface area contributed by atoms with E-state index in [4.69, 9.17) is 0 Å². The number of hydrogen-bond donors (Lipinski definition) is 1. The summed E-state index contributed by atoms with van der Waals surface area (Å²) in [6.45, 7) is 1.75. The molecule has 0 aromatic carbocycles. The second-order valence-corrected chi connectivity index (χ2v) is 4.25. The number of hydrogen-bond acceptors (Lipinski definition) is 3. The molecule has 1 aliphatic rings. The van der Waals surface area contributed by atoms with Crippen LogP contribution in [0.15, 0.2) is 34.7 Å². The van der Waals surface area contributed by atoms with Gasteiger partial charge in [-0.3, -0.25) is 4.99 Å². The van der Waals surface area contributed by atoms with Crippen molar-refractivity contribution in [3.63, 3.8) is 0 Å². The highest BCUT2D eigenvalue weighted by Crippen LogP contribution is 2.11. The molecule has 0 saturated heterocycles. The lowest BCUT2D eigenvalue weighted by Gasteiger charge is -2.05. The summed E-state index contributed by atoms with van der Waals surface area (Å²) in [5, 5.41) is 5.44. The monoisotopic (exact) mass is 206 g/mol. The van der Waals surface area contributed by atoms with Gasteiger partial charge < -0.3 is 5.32 Å². The van der Waals surface area contributed by atoms with Crippen molar-refractivity contribution in [2.24, 2.45) is 4.99 Å².